The third-order valence-corrected chi connectivity index (χ3v) is 7.51. The van der Waals surface area contributed by atoms with E-state index in [1.165, 1.54) is 23.9 Å². The van der Waals surface area contributed by atoms with Crippen LogP contribution in [0, 0.1) is 12.7 Å². The zero-order valence-electron chi connectivity index (χ0n) is 20.6. The summed E-state index contributed by atoms with van der Waals surface area (Å²) in [4.78, 5) is 22.8. The lowest BCUT2D eigenvalue weighted by molar-refractivity contribution is -0.119. The summed E-state index contributed by atoms with van der Waals surface area (Å²) in [5.41, 5.74) is 4.32. The zero-order chi connectivity index (χ0) is 25.9. The number of hydrogen-bond donors (Lipinski definition) is 3. The SMILES string of the molecule is CCC(C(=O)Nc1cc(NC2CNC2)ccc1C)n1cc(Cl)cc2nc(SCc3ccc(F)cc3)nc1-2. The number of carbonyl (C=O) groups excluding carboxylic acids is 1. The van der Waals surface area contributed by atoms with Crippen molar-refractivity contribution in [3.63, 3.8) is 0 Å². The highest BCUT2D eigenvalue weighted by atomic mass is 35.5. The van der Waals surface area contributed by atoms with Gasteiger partial charge in [-0.2, -0.15) is 0 Å². The molecule has 7 nitrogen and oxygen atoms in total. The van der Waals surface area contributed by atoms with E-state index in [-0.39, 0.29) is 11.7 Å². The maximum Gasteiger partial charge on any atom is 0.247 e. The fourth-order valence-electron chi connectivity index (χ4n) is 4.20. The summed E-state index contributed by atoms with van der Waals surface area (Å²) in [7, 11) is 0. The molecular weight excluding hydrogens is 511 g/mol. The topological polar surface area (TPSA) is 83.9 Å². The summed E-state index contributed by atoms with van der Waals surface area (Å²) in [5, 5.41) is 10.9. The summed E-state index contributed by atoms with van der Waals surface area (Å²) in [6.45, 7) is 5.79. The van der Waals surface area contributed by atoms with Crippen molar-refractivity contribution in [1.29, 1.82) is 0 Å². The van der Waals surface area contributed by atoms with Crippen LogP contribution < -0.4 is 16.0 Å². The molecule has 37 heavy (non-hydrogen) atoms. The van der Waals surface area contributed by atoms with E-state index in [4.69, 9.17) is 16.6 Å². The Labute approximate surface area is 224 Å². The number of imidazole rings is 1. The maximum absolute atomic E-state index is 13.5. The number of nitrogens with zero attached hydrogens (tertiary/aromatic N) is 3. The average Bonchev–Trinajstić information content (AvgIpc) is 3.26. The van der Waals surface area contributed by atoms with Crippen LogP contribution in [0.4, 0.5) is 15.8 Å². The molecule has 1 amide bonds. The first-order chi connectivity index (χ1) is 17.9. The first-order valence-electron chi connectivity index (χ1n) is 12.2. The minimum Gasteiger partial charge on any atom is -0.380 e. The number of benzene rings is 2. The fraction of sp³-hybridized carbons (Fsp3) is 0.296. The minimum absolute atomic E-state index is 0.148. The van der Waals surface area contributed by atoms with Gasteiger partial charge in [-0.25, -0.2) is 14.4 Å². The van der Waals surface area contributed by atoms with Crippen molar-refractivity contribution in [2.75, 3.05) is 23.7 Å². The molecule has 2 aromatic carbocycles. The number of thioether (sulfide) groups is 1. The molecule has 10 heteroatoms. The third kappa shape index (κ3) is 5.89. The lowest BCUT2D eigenvalue weighted by Gasteiger charge is -2.29. The highest BCUT2D eigenvalue weighted by molar-refractivity contribution is 7.98. The van der Waals surface area contributed by atoms with Crippen LogP contribution in [0.5, 0.6) is 0 Å². The Morgan fingerprint density at radius 3 is 2.70 bits per heavy atom. The molecule has 0 spiro atoms. The molecule has 1 atom stereocenters. The number of carbonyl (C=O) groups is 1. The zero-order valence-corrected chi connectivity index (χ0v) is 22.2. The Bertz CT molecular complexity index is 1370. The number of aryl methyl sites for hydroxylation is 1. The highest BCUT2D eigenvalue weighted by Gasteiger charge is 2.26. The average molecular weight is 539 g/mol. The predicted molar refractivity (Wildman–Crippen MR) is 147 cm³/mol. The fourth-order valence-corrected chi connectivity index (χ4v) is 5.21. The second-order valence-corrected chi connectivity index (χ2v) is 10.5. The monoisotopic (exact) mass is 538 g/mol. The van der Waals surface area contributed by atoms with Gasteiger partial charge in [-0.1, -0.05) is 48.5 Å². The Morgan fingerprint density at radius 1 is 1.22 bits per heavy atom. The van der Waals surface area contributed by atoms with Gasteiger partial charge in [-0.05, 0) is 54.8 Å². The van der Waals surface area contributed by atoms with E-state index in [0.29, 0.717) is 39.9 Å². The standard InChI is InChI=1S/C27H28ClFN6OS/c1-3-24(26(36)32-22-11-20(9-4-16(22)2)31-21-12-30-13-21)35-14-18(28)10-23-25(35)34-27(33-23)37-15-17-5-7-19(29)8-6-17/h4-11,14,21,24,30-31H,3,12-13,15H2,1-2H3,(H,32,36). The summed E-state index contributed by atoms with van der Waals surface area (Å²) < 4.78 is 15.0. The predicted octanol–water partition coefficient (Wildman–Crippen LogP) is 5.75. The van der Waals surface area contributed by atoms with E-state index in [2.05, 4.69) is 20.9 Å². The van der Waals surface area contributed by atoms with Crippen molar-refractivity contribution in [1.82, 2.24) is 19.9 Å². The summed E-state index contributed by atoms with van der Waals surface area (Å²) in [6, 6.07) is 14.0. The third-order valence-electron chi connectivity index (χ3n) is 6.38. The van der Waals surface area contributed by atoms with E-state index in [0.717, 1.165) is 35.6 Å². The van der Waals surface area contributed by atoms with Crippen molar-refractivity contribution >= 4 is 40.6 Å². The van der Waals surface area contributed by atoms with Gasteiger partial charge in [-0.15, -0.1) is 0 Å². The van der Waals surface area contributed by atoms with Gasteiger partial charge in [0.15, 0.2) is 11.0 Å². The van der Waals surface area contributed by atoms with E-state index >= 15 is 0 Å². The van der Waals surface area contributed by atoms with Crippen LogP contribution >= 0.6 is 23.4 Å². The molecule has 0 saturated carbocycles. The number of anilines is 2. The van der Waals surface area contributed by atoms with Crippen molar-refractivity contribution in [3.8, 4) is 11.5 Å². The molecule has 1 saturated heterocycles. The molecule has 0 aliphatic carbocycles. The Kier molecular flexibility index (Phi) is 7.64. The van der Waals surface area contributed by atoms with Crippen molar-refractivity contribution in [2.24, 2.45) is 0 Å². The number of aromatic nitrogens is 3. The molecule has 192 valence electrons. The summed E-state index contributed by atoms with van der Waals surface area (Å²) in [6.07, 6.45) is 2.27. The van der Waals surface area contributed by atoms with Crippen LogP contribution in [0.25, 0.3) is 11.5 Å². The quantitative estimate of drug-likeness (QED) is 0.235. The van der Waals surface area contributed by atoms with E-state index < -0.39 is 6.04 Å². The van der Waals surface area contributed by atoms with Crippen molar-refractivity contribution in [3.05, 3.63) is 76.7 Å². The maximum atomic E-state index is 13.5. The molecule has 2 aromatic rings. The van der Waals surface area contributed by atoms with Crippen LogP contribution in [-0.4, -0.2) is 39.6 Å². The van der Waals surface area contributed by atoms with E-state index in [1.54, 1.807) is 29.0 Å². The van der Waals surface area contributed by atoms with Crippen molar-refractivity contribution in [2.45, 2.75) is 43.3 Å². The van der Waals surface area contributed by atoms with Gasteiger partial charge in [-0.3, -0.25) is 4.79 Å². The first kappa shape index (κ1) is 25.5. The number of amides is 1. The summed E-state index contributed by atoms with van der Waals surface area (Å²) in [5.74, 6) is 0.781. The normalized spacial score (nSPS) is 14.4. The van der Waals surface area contributed by atoms with Gasteiger partial charge >= 0.3 is 0 Å². The van der Waals surface area contributed by atoms with Crippen molar-refractivity contribution < 1.29 is 9.18 Å². The lowest BCUT2D eigenvalue weighted by atomic mass is 10.1. The van der Waals surface area contributed by atoms with Gasteiger partial charge < -0.3 is 20.5 Å². The number of rotatable bonds is 9. The van der Waals surface area contributed by atoms with Gasteiger partial charge in [0.1, 0.15) is 17.6 Å². The molecule has 1 fully saturated rings. The number of pyridine rings is 1. The molecule has 5 rings (SSSR count). The molecule has 3 heterocycles. The number of halogens is 2. The largest absolute Gasteiger partial charge is 0.380 e. The second-order valence-electron chi connectivity index (χ2n) is 9.14. The Morgan fingerprint density at radius 2 is 2.00 bits per heavy atom. The van der Waals surface area contributed by atoms with E-state index in [1.807, 2.05) is 32.0 Å². The number of hydrogen-bond acceptors (Lipinski definition) is 6. The molecule has 3 aliphatic heterocycles. The van der Waals surface area contributed by atoms with Crippen LogP contribution in [0.1, 0.15) is 30.5 Å². The van der Waals surface area contributed by atoms with Crippen LogP contribution in [0.3, 0.4) is 0 Å². The number of nitrogens with one attached hydrogen (secondary N) is 3. The number of fused-ring (bicyclic) bond motifs is 1. The minimum atomic E-state index is -0.528. The van der Waals surface area contributed by atoms with Crippen LogP contribution in [-0.2, 0) is 10.5 Å². The molecule has 0 radical (unpaired) electrons. The van der Waals surface area contributed by atoms with Gasteiger partial charge in [0.2, 0.25) is 5.91 Å². The molecule has 3 N–H and O–H groups in total. The van der Waals surface area contributed by atoms with Crippen LogP contribution in [0.15, 0.2) is 59.9 Å². The molecule has 0 aromatic heterocycles. The molecular formula is C27H28ClFN6OS. The van der Waals surface area contributed by atoms with E-state index in [9.17, 15) is 9.18 Å². The van der Waals surface area contributed by atoms with Gasteiger partial charge in [0, 0.05) is 36.4 Å². The van der Waals surface area contributed by atoms with Gasteiger partial charge in [0.05, 0.1) is 11.1 Å². The summed E-state index contributed by atoms with van der Waals surface area (Å²) >= 11 is 7.88. The van der Waals surface area contributed by atoms with Crippen LogP contribution in [0.2, 0.25) is 5.02 Å². The smallest absolute Gasteiger partial charge is 0.247 e. The molecule has 1 unspecified atom stereocenters. The molecule has 3 aliphatic rings. The first-order valence-corrected chi connectivity index (χ1v) is 13.6. The molecule has 0 bridgehead atoms. The second kappa shape index (κ2) is 11.1. The Hall–Kier alpha value is -3.14. The lowest BCUT2D eigenvalue weighted by Crippen LogP contribution is -2.51. The van der Waals surface area contributed by atoms with Gasteiger partial charge in [0.25, 0.3) is 0 Å². The highest BCUT2D eigenvalue weighted by Crippen LogP contribution is 2.32. The Balaban J connectivity index is 1.36.